The molecule has 0 bridgehead atoms. The van der Waals surface area contributed by atoms with Crippen LogP contribution < -0.4 is 5.43 Å². The van der Waals surface area contributed by atoms with Gasteiger partial charge in [-0.15, -0.1) is 0 Å². The minimum atomic E-state index is -0.590. The second-order valence-corrected chi connectivity index (χ2v) is 5.35. The average molecular weight is 273 g/mol. The molecule has 0 aromatic heterocycles. The predicted molar refractivity (Wildman–Crippen MR) is 73.3 cm³/mol. The third kappa shape index (κ3) is 1.88. The van der Waals surface area contributed by atoms with Crippen LogP contribution in [0.1, 0.15) is 37.7 Å². The zero-order valence-electron chi connectivity index (χ0n) is 11.0. The average Bonchev–Trinajstić information content (AvgIpc) is 2.77. The Morgan fingerprint density at radius 1 is 1.25 bits per heavy atom. The number of nitro benzene ring substituents is 1. The number of amides is 1. The van der Waals surface area contributed by atoms with E-state index in [1.54, 1.807) is 12.1 Å². The Hall–Kier alpha value is -2.24. The van der Waals surface area contributed by atoms with E-state index in [1.165, 1.54) is 12.1 Å². The molecule has 1 amide bonds. The summed E-state index contributed by atoms with van der Waals surface area (Å²) in [5.41, 5.74) is 3.31. The van der Waals surface area contributed by atoms with Crippen LogP contribution in [0.4, 0.5) is 5.69 Å². The molecule has 1 aromatic rings. The largest absolute Gasteiger partial charge is 0.272 e. The van der Waals surface area contributed by atoms with Gasteiger partial charge in [-0.2, -0.15) is 5.10 Å². The maximum Gasteiger partial charge on any atom is 0.270 e. The lowest BCUT2D eigenvalue weighted by Gasteiger charge is -2.31. The molecule has 2 aliphatic rings. The maximum atomic E-state index is 12.2. The number of hydrogen-bond acceptors (Lipinski definition) is 4. The minimum absolute atomic E-state index is 0.0236. The Kier molecular flexibility index (Phi) is 3.00. The predicted octanol–water partition coefficient (Wildman–Crippen LogP) is 2.38. The zero-order valence-corrected chi connectivity index (χ0v) is 11.0. The van der Waals surface area contributed by atoms with Crippen molar-refractivity contribution >= 4 is 17.3 Å². The number of nitrogens with one attached hydrogen (secondary N) is 1. The van der Waals surface area contributed by atoms with E-state index in [-0.39, 0.29) is 11.6 Å². The Labute approximate surface area is 116 Å². The van der Waals surface area contributed by atoms with E-state index >= 15 is 0 Å². The summed E-state index contributed by atoms with van der Waals surface area (Å²) in [7, 11) is 0. The molecule has 1 fully saturated rings. The van der Waals surface area contributed by atoms with Crippen LogP contribution in [0.15, 0.2) is 29.4 Å². The minimum Gasteiger partial charge on any atom is -0.272 e. The molecule has 3 rings (SSSR count). The molecule has 20 heavy (non-hydrogen) atoms. The number of carbonyl (C=O) groups is 1. The van der Waals surface area contributed by atoms with E-state index in [0.29, 0.717) is 11.3 Å². The van der Waals surface area contributed by atoms with Crippen molar-refractivity contribution in [3.8, 4) is 0 Å². The number of rotatable bonds is 2. The van der Waals surface area contributed by atoms with Gasteiger partial charge in [0, 0.05) is 17.7 Å². The van der Waals surface area contributed by atoms with Crippen LogP contribution in [0, 0.1) is 15.5 Å². The quantitative estimate of drug-likeness (QED) is 0.663. The first-order valence-electron chi connectivity index (χ1n) is 6.77. The lowest BCUT2D eigenvalue weighted by Crippen LogP contribution is -2.40. The van der Waals surface area contributed by atoms with Gasteiger partial charge in [0.25, 0.3) is 11.6 Å². The smallest absolute Gasteiger partial charge is 0.270 e. The van der Waals surface area contributed by atoms with E-state index in [0.717, 1.165) is 32.1 Å². The van der Waals surface area contributed by atoms with Gasteiger partial charge in [-0.1, -0.05) is 31.4 Å². The molecular weight excluding hydrogens is 258 g/mol. The molecule has 1 N–H and O–H groups in total. The normalized spacial score (nSPS) is 20.6. The summed E-state index contributed by atoms with van der Waals surface area (Å²) in [4.78, 5) is 22.6. The van der Waals surface area contributed by atoms with Crippen molar-refractivity contribution in [1.29, 1.82) is 0 Å². The molecule has 6 heteroatoms. The number of hydrazone groups is 1. The number of carbonyl (C=O) groups excluding carboxylic acids is 1. The summed E-state index contributed by atoms with van der Waals surface area (Å²) < 4.78 is 0. The number of nitrogens with zero attached hydrogens (tertiary/aromatic N) is 2. The van der Waals surface area contributed by atoms with Gasteiger partial charge >= 0.3 is 0 Å². The second-order valence-electron chi connectivity index (χ2n) is 5.35. The van der Waals surface area contributed by atoms with Gasteiger partial charge in [-0.25, -0.2) is 5.43 Å². The topological polar surface area (TPSA) is 84.6 Å². The van der Waals surface area contributed by atoms with Crippen molar-refractivity contribution in [3.63, 3.8) is 0 Å². The molecule has 104 valence electrons. The summed E-state index contributed by atoms with van der Waals surface area (Å²) in [5.74, 6) is -0.0706. The Morgan fingerprint density at radius 2 is 2.00 bits per heavy atom. The lowest BCUT2D eigenvalue weighted by molar-refractivity contribution is -0.384. The molecule has 0 atom stereocenters. The van der Waals surface area contributed by atoms with E-state index in [9.17, 15) is 14.9 Å². The van der Waals surface area contributed by atoms with Crippen LogP contribution in [-0.4, -0.2) is 16.5 Å². The SMILES string of the molecule is O=C1NN=C(c2cccc([N+](=O)[O-])c2)C12CCCCC2. The fourth-order valence-corrected chi connectivity index (χ4v) is 3.16. The molecule has 1 aliphatic carbocycles. The summed E-state index contributed by atoms with van der Waals surface area (Å²) in [6.45, 7) is 0. The van der Waals surface area contributed by atoms with E-state index in [4.69, 9.17) is 0 Å². The van der Waals surface area contributed by atoms with E-state index < -0.39 is 10.3 Å². The first kappa shape index (κ1) is 12.8. The Balaban J connectivity index is 2.02. The first-order chi connectivity index (χ1) is 9.63. The van der Waals surface area contributed by atoms with Crippen LogP contribution in [0.3, 0.4) is 0 Å². The zero-order chi connectivity index (χ0) is 14.2. The van der Waals surface area contributed by atoms with E-state index in [1.807, 2.05) is 0 Å². The summed E-state index contributed by atoms with van der Waals surface area (Å²) in [6.07, 6.45) is 4.63. The van der Waals surface area contributed by atoms with Gasteiger partial charge in [0.2, 0.25) is 0 Å². The second kappa shape index (κ2) is 4.70. The number of benzene rings is 1. The lowest BCUT2D eigenvalue weighted by atomic mass is 9.69. The molecule has 1 spiro atoms. The van der Waals surface area contributed by atoms with Gasteiger partial charge in [-0.05, 0) is 12.8 Å². The molecule has 0 saturated heterocycles. The maximum absolute atomic E-state index is 12.2. The van der Waals surface area contributed by atoms with Crippen molar-refractivity contribution in [2.45, 2.75) is 32.1 Å². The van der Waals surface area contributed by atoms with Gasteiger partial charge in [0.05, 0.1) is 16.0 Å². The third-order valence-corrected chi connectivity index (χ3v) is 4.19. The van der Waals surface area contributed by atoms with Gasteiger partial charge in [-0.3, -0.25) is 14.9 Å². The first-order valence-corrected chi connectivity index (χ1v) is 6.77. The molecule has 0 unspecified atom stereocenters. The van der Waals surface area contributed by atoms with Crippen molar-refractivity contribution in [1.82, 2.24) is 5.43 Å². The Morgan fingerprint density at radius 3 is 2.70 bits per heavy atom. The summed E-state index contributed by atoms with van der Waals surface area (Å²) in [5, 5.41) is 15.0. The van der Waals surface area contributed by atoms with Crippen LogP contribution >= 0.6 is 0 Å². The van der Waals surface area contributed by atoms with Crippen molar-refractivity contribution in [2.24, 2.45) is 10.5 Å². The van der Waals surface area contributed by atoms with Crippen LogP contribution in [0.2, 0.25) is 0 Å². The standard InChI is InChI=1S/C14H15N3O3/c18-13-14(7-2-1-3-8-14)12(15-16-13)10-5-4-6-11(9-10)17(19)20/h4-6,9H,1-3,7-8H2,(H,16,18). The van der Waals surface area contributed by atoms with Crippen LogP contribution in [-0.2, 0) is 4.79 Å². The van der Waals surface area contributed by atoms with Crippen LogP contribution in [0.5, 0.6) is 0 Å². The number of non-ortho nitro benzene ring substituents is 1. The summed E-state index contributed by atoms with van der Waals surface area (Å²) >= 11 is 0. The molecule has 0 radical (unpaired) electrons. The highest BCUT2D eigenvalue weighted by Crippen LogP contribution is 2.42. The fourth-order valence-electron chi connectivity index (χ4n) is 3.16. The molecular formula is C14H15N3O3. The van der Waals surface area contributed by atoms with Crippen molar-refractivity contribution in [2.75, 3.05) is 0 Å². The Bertz CT molecular complexity index is 603. The summed E-state index contributed by atoms with van der Waals surface area (Å²) in [6, 6.07) is 6.36. The molecule has 1 saturated carbocycles. The monoisotopic (exact) mass is 273 g/mol. The van der Waals surface area contributed by atoms with Crippen molar-refractivity contribution in [3.05, 3.63) is 39.9 Å². The highest BCUT2D eigenvalue weighted by atomic mass is 16.6. The fraction of sp³-hybridized carbons (Fsp3) is 0.429. The molecule has 1 aliphatic heterocycles. The van der Waals surface area contributed by atoms with E-state index in [2.05, 4.69) is 10.5 Å². The third-order valence-electron chi connectivity index (χ3n) is 4.19. The van der Waals surface area contributed by atoms with Gasteiger partial charge < -0.3 is 0 Å². The number of hydrogen-bond donors (Lipinski definition) is 1. The molecule has 6 nitrogen and oxygen atoms in total. The van der Waals surface area contributed by atoms with Gasteiger partial charge in [0.1, 0.15) is 0 Å². The molecule has 1 aromatic carbocycles. The number of nitro groups is 1. The van der Waals surface area contributed by atoms with Crippen LogP contribution in [0.25, 0.3) is 0 Å². The highest BCUT2D eigenvalue weighted by molar-refractivity contribution is 6.20. The highest BCUT2D eigenvalue weighted by Gasteiger charge is 2.48. The van der Waals surface area contributed by atoms with Gasteiger partial charge in [0.15, 0.2) is 0 Å². The van der Waals surface area contributed by atoms with Crippen molar-refractivity contribution < 1.29 is 9.72 Å². The molecule has 1 heterocycles.